The second-order valence-corrected chi connectivity index (χ2v) is 2.96. The number of aryl methyl sites for hydroxylation is 2. The average molecular weight is 159 g/mol. The lowest BCUT2D eigenvalue weighted by Gasteiger charge is -1.99. The lowest BCUT2D eigenvalue weighted by Crippen LogP contribution is -1.76. The summed E-state index contributed by atoms with van der Waals surface area (Å²) < 4.78 is 39.1. The fraction of sp³-hybridized carbons (Fsp3) is 0.167. The van der Waals surface area contributed by atoms with Crippen molar-refractivity contribution in [3.8, 4) is 0 Å². The van der Waals surface area contributed by atoms with Gasteiger partial charge in [-0.25, -0.2) is 0 Å². The standard InChI is InChI=1S/C12H10/c1-3-9-4-2-6-11-8-7-10(5-1)12(9)11/h1-6H,7-8H2/i1D,2D,3D,6D,8D. The Labute approximate surface area is 78.9 Å². The molecule has 1 unspecified atom stereocenters. The molecule has 0 amide bonds. The van der Waals surface area contributed by atoms with Crippen LogP contribution in [0.3, 0.4) is 0 Å². The highest BCUT2D eigenvalue weighted by molar-refractivity contribution is 5.90. The number of benzene rings is 2. The van der Waals surface area contributed by atoms with Gasteiger partial charge in [-0.15, -0.1) is 0 Å². The summed E-state index contributed by atoms with van der Waals surface area (Å²) in [5, 5.41) is 1.30. The van der Waals surface area contributed by atoms with Crippen molar-refractivity contribution in [3.05, 3.63) is 47.4 Å². The second-order valence-electron chi connectivity index (χ2n) is 2.96. The van der Waals surface area contributed by atoms with Crippen LogP contribution >= 0.6 is 0 Å². The van der Waals surface area contributed by atoms with Crippen LogP contribution in [0.1, 0.15) is 18.0 Å². The first-order valence-corrected chi connectivity index (χ1v) is 3.96. The van der Waals surface area contributed by atoms with Crippen LogP contribution in [0.5, 0.6) is 0 Å². The predicted molar refractivity (Wildman–Crippen MR) is 51.4 cm³/mol. The maximum absolute atomic E-state index is 7.96. The molecule has 1 aliphatic rings. The molecule has 0 spiro atoms. The van der Waals surface area contributed by atoms with Crippen LogP contribution in [-0.2, 0) is 12.8 Å². The van der Waals surface area contributed by atoms with Crippen LogP contribution in [0.4, 0.5) is 0 Å². The molecule has 1 atom stereocenters. The van der Waals surface area contributed by atoms with E-state index >= 15 is 0 Å². The first kappa shape index (κ1) is 3.21. The van der Waals surface area contributed by atoms with Crippen molar-refractivity contribution < 1.29 is 6.85 Å². The smallest absolute Gasteiger partial charge is 0.0614 e. The molecule has 3 rings (SSSR count). The predicted octanol–water partition coefficient (Wildman–Crippen LogP) is 2.94. The Morgan fingerprint density at radius 3 is 3.08 bits per heavy atom. The van der Waals surface area contributed by atoms with Gasteiger partial charge in [-0.3, -0.25) is 0 Å². The fourth-order valence-corrected chi connectivity index (χ4v) is 1.71. The largest absolute Gasteiger partial charge is 0.0629 e. The minimum absolute atomic E-state index is 0.0386. The molecule has 0 saturated heterocycles. The van der Waals surface area contributed by atoms with E-state index in [9.17, 15) is 0 Å². The molecule has 2 aromatic rings. The van der Waals surface area contributed by atoms with E-state index in [1.54, 1.807) is 6.07 Å². The second kappa shape index (κ2) is 2.10. The van der Waals surface area contributed by atoms with Gasteiger partial charge in [0.05, 0.1) is 5.48 Å². The Balaban J connectivity index is 2.57. The molecule has 0 heteroatoms. The van der Waals surface area contributed by atoms with Gasteiger partial charge in [-0.2, -0.15) is 0 Å². The molecule has 0 saturated carbocycles. The van der Waals surface area contributed by atoms with E-state index in [2.05, 4.69) is 0 Å². The van der Waals surface area contributed by atoms with Crippen LogP contribution in [0, 0.1) is 0 Å². The summed E-state index contributed by atoms with van der Waals surface area (Å²) in [7, 11) is 0. The highest BCUT2D eigenvalue weighted by Crippen LogP contribution is 2.29. The van der Waals surface area contributed by atoms with Gasteiger partial charge in [0, 0.05) is 1.37 Å². The minimum Gasteiger partial charge on any atom is -0.0614 e. The van der Waals surface area contributed by atoms with E-state index in [1.807, 2.05) is 0 Å². The van der Waals surface area contributed by atoms with E-state index in [4.69, 9.17) is 6.85 Å². The number of hydrogen-bond donors (Lipinski definition) is 0. The van der Waals surface area contributed by atoms with E-state index in [0.29, 0.717) is 17.4 Å². The molecule has 58 valence electrons. The Hall–Kier alpha value is -1.30. The highest BCUT2D eigenvalue weighted by atomic mass is 14.2. The van der Waals surface area contributed by atoms with Gasteiger partial charge in [0.25, 0.3) is 0 Å². The molecule has 2 aromatic carbocycles. The third-order valence-corrected chi connectivity index (χ3v) is 2.26. The molecule has 0 radical (unpaired) electrons. The Morgan fingerprint density at radius 2 is 2.08 bits per heavy atom. The maximum Gasteiger partial charge on any atom is 0.0629 e. The van der Waals surface area contributed by atoms with Gasteiger partial charge in [0.2, 0.25) is 0 Å². The molecule has 0 fully saturated rings. The molecule has 1 aliphatic carbocycles. The maximum atomic E-state index is 7.96. The van der Waals surface area contributed by atoms with Gasteiger partial charge in [-0.1, -0.05) is 36.3 Å². The zero-order valence-electron chi connectivity index (χ0n) is 11.4. The van der Waals surface area contributed by atoms with Crippen molar-refractivity contribution in [2.45, 2.75) is 12.8 Å². The summed E-state index contributed by atoms with van der Waals surface area (Å²) in [6.07, 6.45) is -0.0562. The monoisotopic (exact) mass is 159 g/mol. The van der Waals surface area contributed by atoms with Gasteiger partial charge < -0.3 is 0 Å². The van der Waals surface area contributed by atoms with Crippen LogP contribution in [0.25, 0.3) is 10.8 Å². The summed E-state index contributed by atoms with van der Waals surface area (Å²) >= 11 is 0. The first-order valence-electron chi connectivity index (χ1n) is 6.53. The van der Waals surface area contributed by atoms with Crippen molar-refractivity contribution in [2.75, 3.05) is 0 Å². The molecule has 12 heavy (non-hydrogen) atoms. The normalized spacial score (nSPS) is 26.0. The third-order valence-electron chi connectivity index (χ3n) is 2.26. The summed E-state index contributed by atoms with van der Waals surface area (Å²) in [5.41, 5.74) is 1.42. The van der Waals surface area contributed by atoms with Crippen molar-refractivity contribution in [3.63, 3.8) is 0 Å². The average Bonchev–Trinajstić information content (AvgIpc) is 2.59. The lowest BCUT2D eigenvalue weighted by molar-refractivity contribution is 1.02. The molecule has 0 N–H and O–H groups in total. The van der Waals surface area contributed by atoms with Crippen LogP contribution in [0.15, 0.2) is 36.3 Å². The summed E-state index contributed by atoms with van der Waals surface area (Å²) in [4.78, 5) is 0. The van der Waals surface area contributed by atoms with E-state index < -0.39 is 6.40 Å². The quantitative estimate of drug-likeness (QED) is 0.554. The zero-order valence-corrected chi connectivity index (χ0v) is 6.44. The van der Waals surface area contributed by atoms with Crippen LogP contribution in [0.2, 0.25) is 0 Å². The van der Waals surface area contributed by atoms with E-state index in [1.165, 1.54) is 6.07 Å². The van der Waals surface area contributed by atoms with Gasteiger partial charge in [0.1, 0.15) is 0 Å². The molecular weight excluding hydrogens is 144 g/mol. The topological polar surface area (TPSA) is 0 Å². The zero-order chi connectivity index (χ0) is 12.3. The van der Waals surface area contributed by atoms with Crippen molar-refractivity contribution in [1.82, 2.24) is 0 Å². The lowest BCUT2D eigenvalue weighted by atomic mass is 10.1. The summed E-state index contributed by atoms with van der Waals surface area (Å²) in [6.45, 7) is 0. The Kier molecular flexibility index (Phi) is 0.562. The SMILES string of the molecule is [2H]c1cc2c([2H])c([2H])cc3c2c(c1[2H])C([2H])C3. The number of hydrogen-bond acceptors (Lipinski definition) is 0. The van der Waals surface area contributed by atoms with Gasteiger partial charge in [0.15, 0.2) is 0 Å². The van der Waals surface area contributed by atoms with Crippen molar-refractivity contribution >= 4 is 10.8 Å². The highest BCUT2D eigenvalue weighted by Gasteiger charge is 2.11. The van der Waals surface area contributed by atoms with Crippen LogP contribution in [-0.4, -0.2) is 0 Å². The Morgan fingerprint density at radius 1 is 1.17 bits per heavy atom. The van der Waals surface area contributed by atoms with E-state index in [-0.39, 0.29) is 24.2 Å². The van der Waals surface area contributed by atoms with E-state index in [0.717, 1.165) is 10.9 Å². The number of rotatable bonds is 0. The van der Waals surface area contributed by atoms with Crippen molar-refractivity contribution in [1.29, 1.82) is 0 Å². The summed E-state index contributed by atoms with van der Waals surface area (Å²) in [5.74, 6) is 0. The van der Waals surface area contributed by atoms with Gasteiger partial charge in [-0.05, 0) is 34.7 Å². The first-order chi connectivity index (χ1) is 8.00. The molecule has 0 aromatic heterocycles. The van der Waals surface area contributed by atoms with Crippen LogP contribution < -0.4 is 0 Å². The molecule has 0 nitrogen and oxygen atoms in total. The molecule has 0 aliphatic heterocycles. The van der Waals surface area contributed by atoms with Gasteiger partial charge >= 0.3 is 0 Å². The molecule has 0 heterocycles. The summed E-state index contributed by atoms with van der Waals surface area (Å²) in [6, 6.07) is 3.44. The molecular formula is C12H10. The minimum atomic E-state index is -0.536. The fourth-order valence-electron chi connectivity index (χ4n) is 1.71. The Bertz CT molecular complexity index is 647. The van der Waals surface area contributed by atoms with Crippen molar-refractivity contribution in [2.24, 2.45) is 0 Å². The molecule has 0 bridgehead atoms. The third kappa shape index (κ3) is 0.672.